The van der Waals surface area contributed by atoms with Crippen LogP contribution in [0.3, 0.4) is 0 Å². The predicted octanol–water partition coefficient (Wildman–Crippen LogP) is 0.497. The van der Waals surface area contributed by atoms with Crippen molar-refractivity contribution in [1.82, 2.24) is 35.1 Å². The highest BCUT2D eigenvalue weighted by Gasteiger charge is 2.23. The molecule has 0 aromatic carbocycles. The van der Waals surface area contributed by atoms with Crippen molar-refractivity contribution in [3.8, 4) is 0 Å². The summed E-state index contributed by atoms with van der Waals surface area (Å²) in [5.74, 6) is 1.93. The Kier molecular flexibility index (Phi) is 4.28. The van der Waals surface area contributed by atoms with Crippen LogP contribution in [-0.4, -0.2) is 55.7 Å². The van der Waals surface area contributed by atoms with Gasteiger partial charge in [-0.25, -0.2) is 14.6 Å². The van der Waals surface area contributed by atoms with Gasteiger partial charge in [-0.2, -0.15) is 0 Å². The topological polar surface area (TPSA) is 75.9 Å². The van der Waals surface area contributed by atoms with Gasteiger partial charge in [-0.1, -0.05) is 6.92 Å². The maximum absolute atomic E-state index is 4.43. The minimum atomic E-state index is 0.758. The molecule has 0 saturated carbocycles. The SMILES string of the molecule is CCCn1nnnc1CN1CCc2ncnc(N(C)C)c2C1. The molecule has 0 amide bonds. The number of rotatable bonds is 5. The quantitative estimate of drug-likeness (QED) is 0.796. The lowest BCUT2D eigenvalue weighted by Crippen LogP contribution is -2.33. The summed E-state index contributed by atoms with van der Waals surface area (Å²) >= 11 is 0. The number of tetrazole rings is 1. The Hall–Kier alpha value is -2.09. The third kappa shape index (κ3) is 2.92. The van der Waals surface area contributed by atoms with Crippen LogP contribution >= 0.6 is 0 Å². The monoisotopic (exact) mass is 302 g/mol. The Morgan fingerprint density at radius 3 is 2.91 bits per heavy atom. The predicted molar refractivity (Wildman–Crippen MR) is 82.3 cm³/mol. The van der Waals surface area contributed by atoms with Crippen LogP contribution in [0.1, 0.15) is 30.4 Å². The zero-order valence-electron chi connectivity index (χ0n) is 13.4. The normalized spacial score (nSPS) is 14.9. The van der Waals surface area contributed by atoms with E-state index < -0.39 is 0 Å². The molecule has 0 fully saturated rings. The fourth-order valence-electron chi connectivity index (χ4n) is 2.82. The Balaban J connectivity index is 1.78. The Morgan fingerprint density at radius 1 is 1.27 bits per heavy atom. The van der Waals surface area contributed by atoms with Gasteiger partial charge >= 0.3 is 0 Å². The summed E-state index contributed by atoms with van der Waals surface area (Å²) in [5, 5.41) is 12.0. The standard InChI is InChI=1S/C14H22N8/c1-4-6-22-13(17-18-19-22)9-21-7-5-12-11(8-21)14(20(2)3)16-10-15-12/h10H,4-9H2,1-3H3. The van der Waals surface area contributed by atoms with Crippen molar-refractivity contribution in [3.05, 3.63) is 23.4 Å². The van der Waals surface area contributed by atoms with Crippen LogP contribution in [0, 0.1) is 0 Å². The summed E-state index contributed by atoms with van der Waals surface area (Å²) in [5.41, 5.74) is 2.37. The van der Waals surface area contributed by atoms with Crippen molar-refractivity contribution < 1.29 is 0 Å². The van der Waals surface area contributed by atoms with Crippen molar-refractivity contribution in [2.45, 2.75) is 39.4 Å². The molecule has 1 aliphatic heterocycles. The van der Waals surface area contributed by atoms with E-state index in [-0.39, 0.29) is 0 Å². The summed E-state index contributed by atoms with van der Waals surface area (Å²) in [6, 6.07) is 0. The van der Waals surface area contributed by atoms with E-state index in [1.807, 2.05) is 23.7 Å². The van der Waals surface area contributed by atoms with E-state index in [9.17, 15) is 0 Å². The van der Waals surface area contributed by atoms with Crippen molar-refractivity contribution in [3.63, 3.8) is 0 Å². The fourth-order valence-corrected chi connectivity index (χ4v) is 2.82. The minimum Gasteiger partial charge on any atom is -0.362 e. The molecule has 8 nitrogen and oxygen atoms in total. The maximum Gasteiger partial charge on any atom is 0.165 e. The van der Waals surface area contributed by atoms with Gasteiger partial charge in [0.1, 0.15) is 12.1 Å². The molecule has 0 saturated heterocycles. The summed E-state index contributed by atoms with van der Waals surface area (Å²) < 4.78 is 1.89. The molecule has 0 N–H and O–H groups in total. The first-order valence-electron chi connectivity index (χ1n) is 7.66. The van der Waals surface area contributed by atoms with E-state index in [4.69, 9.17) is 0 Å². The molecule has 1 aliphatic rings. The number of anilines is 1. The highest BCUT2D eigenvalue weighted by Crippen LogP contribution is 2.25. The second-order valence-electron chi connectivity index (χ2n) is 5.80. The molecule has 0 bridgehead atoms. The maximum atomic E-state index is 4.43. The molecule has 3 heterocycles. The van der Waals surface area contributed by atoms with Crippen LogP contribution in [0.2, 0.25) is 0 Å². The first-order chi connectivity index (χ1) is 10.7. The molecule has 0 unspecified atom stereocenters. The van der Waals surface area contributed by atoms with E-state index in [0.29, 0.717) is 0 Å². The number of aryl methyl sites for hydroxylation is 1. The number of aromatic nitrogens is 6. The van der Waals surface area contributed by atoms with E-state index >= 15 is 0 Å². The second kappa shape index (κ2) is 6.35. The molecule has 0 radical (unpaired) electrons. The van der Waals surface area contributed by atoms with Gasteiger partial charge in [0.25, 0.3) is 0 Å². The van der Waals surface area contributed by atoms with Crippen LogP contribution in [0.5, 0.6) is 0 Å². The molecule has 2 aromatic heterocycles. The number of fused-ring (bicyclic) bond motifs is 1. The van der Waals surface area contributed by atoms with E-state index in [1.54, 1.807) is 6.33 Å². The first kappa shape index (κ1) is 14.8. The average molecular weight is 302 g/mol. The first-order valence-corrected chi connectivity index (χ1v) is 7.66. The molecule has 0 spiro atoms. The van der Waals surface area contributed by atoms with Gasteiger partial charge in [-0.15, -0.1) is 5.10 Å². The zero-order valence-corrected chi connectivity index (χ0v) is 13.4. The molecular weight excluding hydrogens is 280 g/mol. The van der Waals surface area contributed by atoms with Crippen molar-refractivity contribution in [2.75, 3.05) is 25.5 Å². The molecule has 0 atom stereocenters. The van der Waals surface area contributed by atoms with Gasteiger partial charge in [0.05, 0.1) is 12.2 Å². The molecule has 22 heavy (non-hydrogen) atoms. The third-order valence-corrected chi connectivity index (χ3v) is 3.89. The van der Waals surface area contributed by atoms with Crippen LogP contribution < -0.4 is 4.90 Å². The fraction of sp³-hybridized carbons (Fsp3) is 0.643. The minimum absolute atomic E-state index is 0.758. The summed E-state index contributed by atoms with van der Waals surface area (Å²) in [6.45, 7) is 5.55. The Bertz CT molecular complexity index is 636. The van der Waals surface area contributed by atoms with Gasteiger partial charge in [0.2, 0.25) is 0 Å². The molecule has 3 rings (SSSR count). The van der Waals surface area contributed by atoms with Gasteiger partial charge in [0.15, 0.2) is 5.82 Å². The van der Waals surface area contributed by atoms with Gasteiger partial charge in [-0.3, -0.25) is 4.90 Å². The average Bonchev–Trinajstić information content (AvgIpc) is 2.94. The van der Waals surface area contributed by atoms with E-state index in [2.05, 4.69) is 37.3 Å². The molecular formula is C14H22N8. The number of hydrogen-bond donors (Lipinski definition) is 0. The second-order valence-corrected chi connectivity index (χ2v) is 5.80. The number of hydrogen-bond acceptors (Lipinski definition) is 7. The van der Waals surface area contributed by atoms with Crippen molar-refractivity contribution >= 4 is 5.82 Å². The van der Waals surface area contributed by atoms with E-state index in [0.717, 1.165) is 56.4 Å². The lowest BCUT2D eigenvalue weighted by Gasteiger charge is -2.29. The molecule has 0 aliphatic carbocycles. The van der Waals surface area contributed by atoms with Crippen LogP contribution in [-0.2, 0) is 26.1 Å². The highest BCUT2D eigenvalue weighted by atomic mass is 15.5. The summed E-state index contributed by atoms with van der Waals surface area (Å²) in [4.78, 5) is 13.2. The Labute approximate surface area is 130 Å². The summed E-state index contributed by atoms with van der Waals surface area (Å²) in [7, 11) is 4.03. The zero-order chi connectivity index (χ0) is 15.5. The van der Waals surface area contributed by atoms with Crippen molar-refractivity contribution in [1.29, 1.82) is 0 Å². The van der Waals surface area contributed by atoms with Crippen LogP contribution in [0.25, 0.3) is 0 Å². The van der Waals surface area contributed by atoms with E-state index in [1.165, 1.54) is 5.56 Å². The molecule has 2 aromatic rings. The molecule has 118 valence electrons. The largest absolute Gasteiger partial charge is 0.362 e. The van der Waals surface area contributed by atoms with Gasteiger partial charge < -0.3 is 4.90 Å². The lowest BCUT2D eigenvalue weighted by molar-refractivity contribution is 0.232. The van der Waals surface area contributed by atoms with Crippen molar-refractivity contribution in [2.24, 2.45) is 0 Å². The third-order valence-electron chi connectivity index (χ3n) is 3.89. The Morgan fingerprint density at radius 2 is 2.14 bits per heavy atom. The molecule has 8 heteroatoms. The summed E-state index contributed by atoms with van der Waals surface area (Å²) in [6.07, 6.45) is 3.62. The lowest BCUT2D eigenvalue weighted by atomic mass is 10.1. The van der Waals surface area contributed by atoms with Crippen LogP contribution in [0.15, 0.2) is 6.33 Å². The van der Waals surface area contributed by atoms with Gasteiger partial charge in [-0.05, 0) is 16.8 Å². The highest BCUT2D eigenvalue weighted by molar-refractivity contribution is 5.48. The number of nitrogens with zero attached hydrogens (tertiary/aromatic N) is 8. The smallest absolute Gasteiger partial charge is 0.165 e. The van der Waals surface area contributed by atoms with Gasteiger partial charge in [0, 0.05) is 45.7 Å². The van der Waals surface area contributed by atoms with Crippen LogP contribution in [0.4, 0.5) is 5.82 Å².